The molecule has 4 amide bonds. The maximum Gasteiger partial charge on any atom is 0.343 e. The molecule has 1 aliphatic rings. The maximum absolute atomic E-state index is 12.8. The van der Waals surface area contributed by atoms with Crippen molar-refractivity contribution >= 4 is 23.5 Å². The van der Waals surface area contributed by atoms with E-state index in [0.29, 0.717) is 18.0 Å². The number of imide groups is 2. The van der Waals surface area contributed by atoms with Gasteiger partial charge in [0.15, 0.2) is 6.67 Å². The standard InChI is InChI=1S/C23H27N3O4/c1-23(2,3)17-8-6-16(7-9-17)14-24(4)15-25-20(27)21(28)26(22(25)29)18-10-12-19(30-5)13-11-18/h6-13H,14-15H2,1-5H3/p+1. The van der Waals surface area contributed by atoms with Crippen molar-refractivity contribution in [3.8, 4) is 5.75 Å². The molecule has 3 rings (SSSR count). The highest BCUT2D eigenvalue weighted by atomic mass is 16.5. The first-order valence-electron chi connectivity index (χ1n) is 9.86. The highest BCUT2D eigenvalue weighted by molar-refractivity contribution is 6.52. The van der Waals surface area contributed by atoms with Crippen molar-refractivity contribution < 1.29 is 24.0 Å². The van der Waals surface area contributed by atoms with Gasteiger partial charge in [0, 0.05) is 5.56 Å². The Morgan fingerprint density at radius 1 is 0.900 bits per heavy atom. The quantitative estimate of drug-likeness (QED) is 0.584. The molecule has 2 aromatic carbocycles. The van der Waals surface area contributed by atoms with Crippen molar-refractivity contribution in [2.45, 2.75) is 32.7 Å². The Balaban J connectivity index is 1.69. The van der Waals surface area contributed by atoms with Gasteiger partial charge in [-0.1, -0.05) is 45.0 Å². The van der Waals surface area contributed by atoms with Crippen molar-refractivity contribution in [2.75, 3.05) is 25.7 Å². The Morgan fingerprint density at radius 2 is 1.50 bits per heavy atom. The monoisotopic (exact) mass is 410 g/mol. The van der Waals surface area contributed by atoms with Gasteiger partial charge < -0.3 is 9.64 Å². The Morgan fingerprint density at radius 3 is 2.03 bits per heavy atom. The first kappa shape index (κ1) is 21.5. The van der Waals surface area contributed by atoms with E-state index in [0.717, 1.165) is 20.3 Å². The number of methoxy groups -OCH3 is 1. The fraction of sp³-hybridized carbons (Fsp3) is 0.348. The largest absolute Gasteiger partial charge is 0.497 e. The summed E-state index contributed by atoms with van der Waals surface area (Å²) in [5, 5.41) is 0. The van der Waals surface area contributed by atoms with Gasteiger partial charge in [0.25, 0.3) is 0 Å². The normalized spacial score (nSPS) is 15.7. The fourth-order valence-electron chi connectivity index (χ4n) is 3.40. The minimum atomic E-state index is -0.840. The predicted molar refractivity (Wildman–Crippen MR) is 113 cm³/mol. The van der Waals surface area contributed by atoms with Gasteiger partial charge in [-0.05, 0) is 35.2 Å². The Kier molecular flexibility index (Phi) is 5.94. The van der Waals surface area contributed by atoms with E-state index < -0.39 is 17.8 Å². The number of carbonyl (C=O) groups excluding carboxylic acids is 3. The number of amides is 4. The molecule has 7 heteroatoms. The minimum Gasteiger partial charge on any atom is -0.497 e. The number of rotatable bonds is 6. The summed E-state index contributed by atoms with van der Waals surface area (Å²) in [6.07, 6.45) is 0. The molecule has 1 saturated heterocycles. The Labute approximate surface area is 176 Å². The summed E-state index contributed by atoms with van der Waals surface area (Å²) >= 11 is 0. The summed E-state index contributed by atoms with van der Waals surface area (Å²) in [7, 11) is 3.42. The highest BCUT2D eigenvalue weighted by Gasteiger charge is 2.46. The smallest absolute Gasteiger partial charge is 0.343 e. The molecule has 0 aliphatic carbocycles. The molecule has 1 heterocycles. The van der Waals surface area contributed by atoms with Crippen molar-refractivity contribution in [3.05, 3.63) is 59.7 Å². The number of hydrogen-bond acceptors (Lipinski definition) is 4. The second-order valence-electron chi connectivity index (χ2n) is 8.59. The Bertz CT molecular complexity index is 946. The molecule has 0 saturated carbocycles. The summed E-state index contributed by atoms with van der Waals surface area (Å²) in [6, 6.07) is 14.1. The van der Waals surface area contributed by atoms with Crippen LogP contribution in [-0.2, 0) is 21.5 Å². The number of hydrogen-bond donors (Lipinski definition) is 1. The molecule has 1 unspecified atom stereocenters. The van der Waals surface area contributed by atoms with Crippen LogP contribution in [0.3, 0.4) is 0 Å². The zero-order valence-electron chi connectivity index (χ0n) is 18.1. The zero-order valence-corrected chi connectivity index (χ0v) is 18.1. The van der Waals surface area contributed by atoms with Gasteiger partial charge in [0.2, 0.25) is 0 Å². The molecule has 0 bridgehead atoms. The maximum atomic E-state index is 12.8. The number of ether oxygens (including phenoxy) is 1. The molecule has 1 N–H and O–H groups in total. The lowest BCUT2D eigenvalue weighted by molar-refractivity contribution is -0.901. The van der Waals surface area contributed by atoms with Crippen LogP contribution in [0, 0.1) is 0 Å². The number of anilines is 1. The zero-order chi connectivity index (χ0) is 22.1. The van der Waals surface area contributed by atoms with Gasteiger partial charge in [-0.3, -0.25) is 9.59 Å². The first-order chi connectivity index (χ1) is 14.1. The number of nitrogens with one attached hydrogen (secondary N) is 1. The fourth-order valence-corrected chi connectivity index (χ4v) is 3.40. The van der Waals surface area contributed by atoms with Crippen LogP contribution in [0.5, 0.6) is 5.75 Å². The molecule has 30 heavy (non-hydrogen) atoms. The SMILES string of the molecule is COc1ccc(N2C(=O)C(=O)N(C[NH+](C)Cc3ccc(C(C)(C)C)cc3)C2=O)cc1. The topological polar surface area (TPSA) is 71.4 Å². The van der Waals surface area contributed by atoms with Gasteiger partial charge >= 0.3 is 17.8 Å². The van der Waals surface area contributed by atoms with E-state index in [2.05, 4.69) is 45.0 Å². The van der Waals surface area contributed by atoms with E-state index in [1.165, 1.54) is 12.7 Å². The van der Waals surface area contributed by atoms with Gasteiger partial charge in [-0.25, -0.2) is 14.6 Å². The average molecular weight is 410 g/mol. The Hall–Kier alpha value is -3.19. The van der Waals surface area contributed by atoms with Crippen LogP contribution in [-0.4, -0.2) is 43.6 Å². The summed E-state index contributed by atoms with van der Waals surface area (Å²) in [6.45, 7) is 7.22. The number of carbonyl (C=O) groups is 3. The average Bonchev–Trinajstić information content (AvgIpc) is 2.91. The van der Waals surface area contributed by atoms with Crippen LogP contribution in [0.15, 0.2) is 48.5 Å². The van der Waals surface area contributed by atoms with Crippen LogP contribution in [0.25, 0.3) is 0 Å². The van der Waals surface area contributed by atoms with Gasteiger partial charge in [-0.2, -0.15) is 0 Å². The van der Waals surface area contributed by atoms with Crippen LogP contribution in [0.2, 0.25) is 0 Å². The molecule has 0 aromatic heterocycles. The van der Waals surface area contributed by atoms with E-state index in [1.54, 1.807) is 24.3 Å². The lowest BCUT2D eigenvalue weighted by atomic mass is 9.87. The van der Waals surface area contributed by atoms with E-state index in [-0.39, 0.29) is 12.1 Å². The lowest BCUT2D eigenvalue weighted by Crippen LogP contribution is -3.09. The van der Waals surface area contributed by atoms with Crippen molar-refractivity contribution in [3.63, 3.8) is 0 Å². The summed E-state index contributed by atoms with van der Waals surface area (Å²) in [5.41, 5.74) is 2.77. The van der Waals surface area contributed by atoms with E-state index in [1.807, 2.05) is 7.05 Å². The molecule has 7 nitrogen and oxygen atoms in total. The highest BCUT2D eigenvalue weighted by Crippen LogP contribution is 2.24. The van der Waals surface area contributed by atoms with Crippen LogP contribution in [0.1, 0.15) is 31.9 Å². The summed E-state index contributed by atoms with van der Waals surface area (Å²) in [4.78, 5) is 40.5. The van der Waals surface area contributed by atoms with Gasteiger partial charge in [0.1, 0.15) is 12.3 Å². The second kappa shape index (κ2) is 8.28. The molecule has 2 aromatic rings. The molecule has 158 valence electrons. The van der Waals surface area contributed by atoms with E-state index >= 15 is 0 Å². The van der Waals surface area contributed by atoms with Crippen molar-refractivity contribution in [1.82, 2.24) is 4.90 Å². The van der Waals surface area contributed by atoms with Crippen molar-refractivity contribution in [2.24, 2.45) is 0 Å². The summed E-state index contributed by atoms with van der Waals surface area (Å²) < 4.78 is 5.09. The molecule has 0 radical (unpaired) electrons. The van der Waals surface area contributed by atoms with Crippen LogP contribution >= 0.6 is 0 Å². The predicted octanol–water partition coefficient (Wildman–Crippen LogP) is 1.96. The van der Waals surface area contributed by atoms with E-state index in [9.17, 15) is 14.4 Å². The minimum absolute atomic E-state index is 0.0803. The lowest BCUT2D eigenvalue weighted by Gasteiger charge is -2.21. The van der Waals surface area contributed by atoms with Gasteiger partial charge in [0.05, 0.1) is 19.8 Å². The van der Waals surface area contributed by atoms with Crippen LogP contribution in [0.4, 0.5) is 10.5 Å². The third-order valence-electron chi connectivity index (χ3n) is 5.14. The third-order valence-corrected chi connectivity index (χ3v) is 5.14. The first-order valence-corrected chi connectivity index (χ1v) is 9.86. The third kappa shape index (κ3) is 4.36. The molecule has 1 aliphatic heterocycles. The molecular formula is C23H28N3O4+. The molecule has 1 fully saturated rings. The number of urea groups is 1. The number of nitrogens with zero attached hydrogens (tertiary/aromatic N) is 2. The molecular weight excluding hydrogens is 382 g/mol. The second-order valence-corrected chi connectivity index (χ2v) is 8.59. The van der Waals surface area contributed by atoms with Crippen LogP contribution < -0.4 is 14.5 Å². The molecule has 0 spiro atoms. The van der Waals surface area contributed by atoms with Gasteiger partial charge in [-0.15, -0.1) is 0 Å². The van der Waals surface area contributed by atoms with Crippen molar-refractivity contribution in [1.29, 1.82) is 0 Å². The number of benzene rings is 2. The molecule has 1 atom stereocenters. The summed E-state index contributed by atoms with van der Waals surface area (Å²) in [5.74, 6) is -1.05. The number of quaternary nitrogens is 1. The van der Waals surface area contributed by atoms with E-state index in [4.69, 9.17) is 4.74 Å².